The molecule has 1 aromatic rings. The van der Waals surface area contributed by atoms with E-state index in [0.717, 1.165) is 24.5 Å². The van der Waals surface area contributed by atoms with Crippen LogP contribution in [0.3, 0.4) is 0 Å². The first-order chi connectivity index (χ1) is 9.69. The predicted octanol–water partition coefficient (Wildman–Crippen LogP) is 3.19. The molecule has 1 aromatic heterocycles. The Balaban J connectivity index is 1.77. The average Bonchev–Trinajstić information content (AvgIpc) is 2.49. The summed E-state index contributed by atoms with van der Waals surface area (Å²) in [5.41, 5.74) is 0.917. The van der Waals surface area contributed by atoms with Crippen molar-refractivity contribution in [3.8, 4) is 0 Å². The minimum Gasteiger partial charge on any atom is -0.335 e. The third-order valence-corrected chi connectivity index (χ3v) is 4.22. The van der Waals surface area contributed by atoms with Crippen molar-refractivity contribution in [1.82, 2.24) is 15.2 Å². The van der Waals surface area contributed by atoms with E-state index >= 15 is 0 Å². The third kappa shape index (κ3) is 4.22. The number of amides is 2. The minimum atomic E-state index is 0.00982. The first kappa shape index (κ1) is 14.8. The number of rotatable bonds is 4. The van der Waals surface area contributed by atoms with Crippen LogP contribution < -0.4 is 5.32 Å². The lowest BCUT2D eigenvalue weighted by atomic mass is 9.84. The molecule has 4 nitrogen and oxygen atoms in total. The second-order valence-electron chi connectivity index (χ2n) is 5.75. The lowest BCUT2D eigenvalue weighted by Crippen LogP contribution is -2.44. The summed E-state index contributed by atoms with van der Waals surface area (Å²) in [5.74, 6) is 0.856. The molecule has 1 heterocycles. The van der Waals surface area contributed by atoms with E-state index in [9.17, 15) is 4.79 Å². The summed E-state index contributed by atoms with van der Waals surface area (Å²) >= 11 is 0. The summed E-state index contributed by atoms with van der Waals surface area (Å²) in [5, 5.41) is 3.14. The molecule has 1 saturated carbocycles. The summed E-state index contributed by atoms with van der Waals surface area (Å²) in [6.45, 7) is 2.81. The molecule has 110 valence electrons. The molecule has 1 fully saturated rings. The fourth-order valence-corrected chi connectivity index (χ4v) is 2.81. The molecule has 0 saturated heterocycles. The van der Waals surface area contributed by atoms with Gasteiger partial charge in [0.1, 0.15) is 0 Å². The fraction of sp³-hybridized carbons (Fsp3) is 0.625. The molecule has 0 bridgehead atoms. The van der Waals surface area contributed by atoms with Crippen molar-refractivity contribution in [3.63, 3.8) is 0 Å². The van der Waals surface area contributed by atoms with E-state index in [1.54, 1.807) is 11.1 Å². The Bertz CT molecular complexity index is 413. The monoisotopic (exact) mass is 275 g/mol. The van der Waals surface area contributed by atoms with Crippen LogP contribution in [0, 0.1) is 5.92 Å². The van der Waals surface area contributed by atoms with Gasteiger partial charge in [-0.1, -0.05) is 19.4 Å². The van der Waals surface area contributed by atoms with E-state index in [4.69, 9.17) is 0 Å². The minimum absolute atomic E-state index is 0.00982. The highest BCUT2D eigenvalue weighted by Crippen LogP contribution is 2.26. The van der Waals surface area contributed by atoms with Gasteiger partial charge in [-0.25, -0.2) is 4.79 Å². The Morgan fingerprint density at radius 3 is 2.70 bits per heavy atom. The van der Waals surface area contributed by atoms with Crippen LogP contribution in [0.4, 0.5) is 4.79 Å². The highest BCUT2D eigenvalue weighted by molar-refractivity contribution is 5.74. The number of hydrogen-bond donors (Lipinski definition) is 1. The van der Waals surface area contributed by atoms with E-state index in [1.807, 2.05) is 25.2 Å². The zero-order chi connectivity index (χ0) is 14.4. The second kappa shape index (κ2) is 7.27. The van der Waals surface area contributed by atoms with Crippen LogP contribution in [0.15, 0.2) is 24.4 Å². The molecule has 0 aromatic carbocycles. The number of nitrogens with zero attached hydrogens (tertiary/aromatic N) is 2. The average molecular weight is 275 g/mol. The van der Waals surface area contributed by atoms with E-state index < -0.39 is 0 Å². The lowest BCUT2D eigenvalue weighted by Gasteiger charge is -2.30. The maximum atomic E-state index is 12.2. The van der Waals surface area contributed by atoms with Gasteiger partial charge in [-0.2, -0.15) is 0 Å². The molecule has 0 atom stereocenters. The molecule has 20 heavy (non-hydrogen) atoms. The summed E-state index contributed by atoms with van der Waals surface area (Å²) in [6, 6.07) is 6.12. The summed E-state index contributed by atoms with van der Waals surface area (Å²) in [7, 11) is 1.82. The number of nitrogens with one attached hydrogen (secondary N) is 1. The quantitative estimate of drug-likeness (QED) is 0.917. The molecule has 2 amide bonds. The van der Waals surface area contributed by atoms with E-state index in [2.05, 4.69) is 17.2 Å². The molecule has 1 aliphatic carbocycles. The summed E-state index contributed by atoms with van der Waals surface area (Å²) in [4.78, 5) is 18.1. The molecule has 0 aliphatic heterocycles. The summed E-state index contributed by atoms with van der Waals surface area (Å²) in [6.07, 6.45) is 7.73. The van der Waals surface area contributed by atoms with E-state index in [0.29, 0.717) is 12.6 Å². The van der Waals surface area contributed by atoms with Gasteiger partial charge in [0.2, 0.25) is 0 Å². The predicted molar refractivity (Wildman–Crippen MR) is 80.3 cm³/mol. The van der Waals surface area contributed by atoms with E-state index in [1.165, 1.54) is 19.3 Å². The Kier molecular flexibility index (Phi) is 5.39. The zero-order valence-electron chi connectivity index (χ0n) is 12.5. The molecule has 0 unspecified atom stereocenters. The lowest BCUT2D eigenvalue weighted by molar-refractivity contribution is 0.194. The number of carbonyl (C=O) groups is 1. The zero-order valence-corrected chi connectivity index (χ0v) is 12.5. The number of aromatic nitrogens is 1. The Morgan fingerprint density at radius 1 is 1.35 bits per heavy atom. The van der Waals surface area contributed by atoms with Crippen molar-refractivity contribution in [2.75, 3.05) is 7.05 Å². The van der Waals surface area contributed by atoms with Gasteiger partial charge in [-0.05, 0) is 43.7 Å². The highest BCUT2D eigenvalue weighted by atomic mass is 16.2. The van der Waals surface area contributed by atoms with Crippen LogP contribution in [-0.2, 0) is 6.54 Å². The van der Waals surface area contributed by atoms with Crippen molar-refractivity contribution in [1.29, 1.82) is 0 Å². The van der Waals surface area contributed by atoms with Crippen molar-refractivity contribution in [2.45, 2.75) is 51.6 Å². The first-order valence-electron chi connectivity index (χ1n) is 7.60. The smallest absolute Gasteiger partial charge is 0.317 e. The molecule has 0 spiro atoms. The summed E-state index contributed by atoms with van der Waals surface area (Å²) < 4.78 is 0. The van der Waals surface area contributed by atoms with Gasteiger partial charge >= 0.3 is 6.03 Å². The van der Waals surface area contributed by atoms with Gasteiger partial charge in [0.05, 0.1) is 12.2 Å². The van der Waals surface area contributed by atoms with Gasteiger partial charge in [-0.15, -0.1) is 0 Å². The number of carbonyl (C=O) groups excluding carboxylic acids is 1. The van der Waals surface area contributed by atoms with Crippen molar-refractivity contribution < 1.29 is 4.79 Å². The third-order valence-electron chi connectivity index (χ3n) is 4.22. The molecule has 2 rings (SSSR count). The van der Waals surface area contributed by atoms with E-state index in [-0.39, 0.29) is 6.03 Å². The van der Waals surface area contributed by atoms with Crippen LogP contribution in [-0.4, -0.2) is 29.0 Å². The molecule has 1 aliphatic rings. The Morgan fingerprint density at radius 2 is 2.10 bits per heavy atom. The molecule has 0 radical (unpaired) electrons. The van der Waals surface area contributed by atoms with Gasteiger partial charge < -0.3 is 10.2 Å². The normalized spacial score (nSPS) is 22.3. The topological polar surface area (TPSA) is 45.2 Å². The number of urea groups is 1. The van der Waals surface area contributed by atoms with Crippen molar-refractivity contribution in [2.24, 2.45) is 5.92 Å². The molecule has 1 N–H and O–H groups in total. The molecular formula is C16H25N3O. The van der Waals surface area contributed by atoms with Crippen molar-refractivity contribution >= 4 is 6.03 Å². The SMILES string of the molecule is CCC1CCC(NC(=O)N(C)Cc2ccccn2)CC1. The van der Waals surface area contributed by atoms with Crippen LogP contribution in [0.5, 0.6) is 0 Å². The fourth-order valence-electron chi connectivity index (χ4n) is 2.81. The Hall–Kier alpha value is -1.58. The van der Waals surface area contributed by atoms with Crippen LogP contribution in [0.1, 0.15) is 44.7 Å². The van der Waals surface area contributed by atoms with Crippen LogP contribution >= 0.6 is 0 Å². The highest BCUT2D eigenvalue weighted by Gasteiger charge is 2.22. The van der Waals surface area contributed by atoms with Gasteiger partial charge in [0, 0.05) is 19.3 Å². The standard InChI is InChI=1S/C16H25N3O/c1-3-13-7-9-14(10-8-13)18-16(20)19(2)12-15-6-4-5-11-17-15/h4-6,11,13-14H,3,7-10,12H2,1-2H3,(H,18,20). The maximum absolute atomic E-state index is 12.2. The number of pyridine rings is 1. The number of hydrogen-bond acceptors (Lipinski definition) is 2. The van der Waals surface area contributed by atoms with Crippen LogP contribution in [0.25, 0.3) is 0 Å². The molecule has 4 heteroatoms. The van der Waals surface area contributed by atoms with Gasteiger partial charge in [0.25, 0.3) is 0 Å². The van der Waals surface area contributed by atoms with Gasteiger partial charge in [-0.3, -0.25) is 4.98 Å². The maximum Gasteiger partial charge on any atom is 0.317 e. The first-order valence-corrected chi connectivity index (χ1v) is 7.60. The second-order valence-corrected chi connectivity index (χ2v) is 5.75. The molecular weight excluding hydrogens is 250 g/mol. The van der Waals surface area contributed by atoms with Gasteiger partial charge in [0.15, 0.2) is 0 Å². The Labute approximate surface area is 121 Å². The van der Waals surface area contributed by atoms with Crippen molar-refractivity contribution in [3.05, 3.63) is 30.1 Å². The van der Waals surface area contributed by atoms with Crippen LogP contribution in [0.2, 0.25) is 0 Å². The largest absolute Gasteiger partial charge is 0.335 e.